The van der Waals surface area contributed by atoms with E-state index in [2.05, 4.69) is 20.3 Å². The number of benzene rings is 1. The molecule has 0 spiro atoms. The summed E-state index contributed by atoms with van der Waals surface area (Å²) in [6.45, 7) is 0.732. The molecule has 10 nitrogen and oxygen atoms in total. The topological polar surface area (TPSA) is 148 Å². The van der Waals surface area contributed by atoms with E-state index < -0.39 is 17.3 Å². The van der Waals surface area contributed by atoms with E-state index in [4.69, 9.17) is 0 Å². The molecule has 1 aliphatic heterocycles. The molecule has 1 atom stereocenters. The summed E-state index contributed by atoms with van der Waals surface area (Å²) >= 11 is 0. The summed E-state index contributed by atoms with van der Waals surface area (Å²) in [5.41, 5.74) is 1.40. The summed E-state index contributed by atoms with van der Waals surface area (Å²) in [5.74, 6) is -1.18. The summed E-state index contributed by atoms with van der Waals surface area (Å²) in [6, 6.07) is 10.4. The van der Waals surface area contributed by atoms with Gasteiger partial charge in [0.2, 0.25) is 17.3 Å². The minimum absolute atomic E-state index is 0.107. The standard InChI is InChI=1S/C23H23N5O5/c29-19-11-15(5-8-24-19)23(33)28-10-7-14-3-1-2-4-16(14)18(28)6-9-25-20(30)12-17-21(31)26-13-27-22(17)32/h1-5,8,11,13,18H,6-7,9-10,12H2,(H,24,29)(H,25,30)(H2,26,27,31,32). The molecule has 0 bridgehead atoms. The molecule has 0 radical (unpaired) electrons. The van der Waals surface area contributed by atoms with Gasteiger partial charge in [0.25, 0.3) is 11.5 Å². The first-order valence-corrected chi connectivity index (χ1v) is 10.5. The molecule has 3 heterocycles. The van der Waals surface area contributed by atoms with E-state index in [-0.39, 0.29) is 36.0 Å². The van der Waals surface area contributed by atoms with Gasteiger partial charge in [-0.15, -0.1) is 0 Å². The van der Waals surface area contributed by atoms with E-state index in [0.29, 0.717) is 24.9 Å². The molecule has 0 aliphatic carbocycles. The Kier molecular flexibility index (Phi) is 6.34. The molecule has 2 amide bonds. The molecule has 1 unspecified atom stereocenters. The molecule has 33 heavy (non-hydrogen) atoms. The highest BCUT2D eigenvalue weighted by atomic mass is 16.3. The predicted molar refractivity (Wildman–Crippen MR) is 119 cm³/mol. The van der Waals surface area contributed by atoms with E-state index in [9.17, 15) is 24.3 Å². The van der Waals surface area contributed by atoms with E-state index >= 15 is 0 Å². The SMILES string of the molecule is O=C(Cc1c(O)nc[nH]c1=O)NCCC1c2ccccc2CCN1C(=O)c1cc[nH]c(=O)c1. The van der Waals surface area contributed by atoms with Crippen molar-refractivity contribution in [3.8, 4) is 5.88 Å². The molecule has 2 aromatic heterocycles. The van der Waals surface area contributed by atoms with Crippen molar-refractivity contribution in [1.29, 1.82) is 0 Å². The van der Waals surface area contributed by atoms with Crippen LogP contribution in [0.3, 0.4) is 0 Å². The molecule has 170 valence electrons. The first kappa shape index (κ1) is 22.0. The summed E-state index contributed by atoms with van der Waals surface area (Å²) in [7, 11) is 0. The van der Waals surface area contributed by atoms with Gasteiger partial charge >= 0.3 is 0 Å². The lowest BCUT2D eigenvalue weighted by atomic mass is 9.90. The van der Waals surface area contributed by atoms with Crippen molar-refractivity contribution in [2.45, 2.75) is 25.3 Å². The van der Waals surface area contributed by atoms with Crippen LogP contribution in [0.15, 0.2) is 58.5 Å². The fourth-order valence-electron chi connectivity index (χ4n) is 4.10. The van der Waals surface area contributed by atoms with Crippen LogP contribution in [0.25, 0.3) is 0 Å². The van der Waals surface area contributed by atoms with Crippen molar-refractivity contribution < 1.29 is 14.7 Å². The van der Waals surface area contributed by atoms with Crippen LogP contribution in [0.4, 0.5) is 0 Å². The zero-order valence-corrected chi connectivity index (χ0v) is 17.7. The van der Waals surface area contributed by atoms with Gasteiger partial charge < -0.3 is 25.3 Å². The average molecular weight is 449 g/mol. The molecule has 0 saturated carbocycles. The van der Waals surface area contributed by atoms with Crippen LogP contribution in [-0.4, -0.2) is 49.9 Å². The predicted octanol–water partition coefficient (Wildman–Crippen LogP) is 0.652. The summed E-state index contributed by atoms with van der Waals surface area (Å²) in [5, 5.41) is 12.5. The van der Waals surface area contributed by atoms with Crippen LogP contribution in [0.2, 0.25) is 0 Å². The Morgan fingerprint density at radius 2 is 2.00 bits per heavy atom. The monoisotopic (exact) mass is 449 g/mol. The first-order valence-electron chi connectivity index (χ1n) is 10.5. The molecular weight excluding hydrogens is 426 g/mol. The van der Waals surface area contributed by atoms with Crippen LogP contribution >= 0.6 is 0 Å². The fraction of sp³-hybridized carbons (Fsp3) is 0.261. The number of aromatic hydroxyl groups is 1. The smallest absolute Gasteiger partial charge is 0.258 e. The number of nitrogens with zero attached hydrogens (tertiary/aromatic N) is 2. The Hall–Kier alpha value is -4.21. The van der Waals surface area contributed by atoms with Gasteiger partial charge in [-0.05, 0) is 30.0 Å². The van der Waals surface area contributed by atoms with Crippen LogP contribution in [0.1, 0.15) is 39.5 Å². The number of carbonyl (C=O) groups is 2. The highest BCUT2D eigenvalue weighted by Crippen LogP contribution is 2.33. The van der Waals surface area contributed by atoms with E-state index in [1.807, 2.05) is 24.3 Å². The number of nitrogens with one attached hydrogen (secondary N) is 3. The minimum atomic E-state index is -0.575. The van der Waals surface area contributed by atoms with Crippen molar-refractivity contribution in [2.24, 2.45) is 0 Å². The van der Waals surface area contributed by atoms with Gasteiger partial charge in [0.05, 0.1) is 24.4 Å². The molecular formula is C23H23N5O5. The van der Waals surface area contributed by atoms with Crippen molar-refractivity contribution in [2.75, 3.05) is 13.1 Å². The number of hydrogen-bond acceptors (Lipinski definition) is 6. The Labute approximate surface area is 188 Å². The number of amides is 2. The van der Waals surface area contributed by atoms with Gasteiger partial charge in [0.1, 0.15) is 0 Å². The van der Waals surface area contributed by atoms with E-state index in [1.54, 1.807) is 11.0 Å². The van der Waals surface area contributed by atoms with Crippen LogP contribution in [0, 0.1) is 0 Å². The third-order valence-electron chi connectivity index (χ3n) is 5.70. The van der Waals surface area contributed by atoms with Gasteiger partial charge in [-0.25, -0.2) is 4.98 Å². The number of fused-ring (bicyclic) bond motifs is 1. The second-order valence-corrected chi connectivity index (χ2v) is 7.75. The third kappa shape index (κ3) is 4.84. The molecule has 10 heteroatoms. The molecule has 1 aliphatic rings. The van der Waals surface area contributed by atoms with Gasteiger partial charge in [-0.3, -0.25) is 19.2 Å². The van der Waals surface area contributed by atoms with Crippen LogP contribution in [-0.2, 0) is 17.6 Å². The third-order valence-corrected chi connectivity index (χ3v) is 5.70. The molecule has 4 rings (SSSR count). The number of aromatic amines is 2. The summed E-state index contributed by atoms with van der Waals surface area (Å²) in [6.07, 6.45) is 3.32. The lowest BCUT2D eigenvalue weighted by Crippen LogP contribution is -2.42. The number of H-pyrrole nitrogens is 2. The van der Waals surface area contributed by atoms with Gasteiger partial charge in [0.15, 0.2) is 0 Å². The minimum Gasteiger partial charge on any atom is -0.493 e. The number of aromatic nitrogens is 3. The van der Waals surface area contributed by atoms with E-state index in [0.717, 1.165) is 17.5 Å². The highest BCUT2D eigenvalue weighted by molar-refractivity contribution is 5.94. The Balaban J connectivity index is 1.49. The molecule has 0 saturated heterocycles. The Bertz CT molecular complexity index is 1300. The first-order chi connectivity index (χ1) is 15.9. The normalized spacial score (nSPS) is 15.0. The second-order valence-electron chi connectivity index (χ2n) is 7.75. The second kappa shape index (κ2) is 9.51. The van der Waals surface area contributed by atoms with Crippen molar-refractivity contribution in [3.63, 3.8) is 0 Å². The molecule has 3 aromatic rings. The average Bonchev–Trinajstić information content (AvgIpc) is 2.81. The zero-order valence-electron chi connectivity index (χ0n) is 17.7. The Morgan fingerprint density at radius 3 is 2.79 bits per heavy atom. The zero-order chi connectivity index (χ0) is 23.4. The lowest BCUT2D eigenvalue weighted by Gasteiger charge is -2.37. The van der Waals surface area contributed by atoms with Gasteiger partial charge in [-0.1, -0.05) is 24.3 Å². The lowest BCUT2D eigenvalue weighted by molar-refractivity contribution is -0.120. The summed E-state index contributed by atoms with van der Waals surface area (Å²) in [4.78, 5) is 59.2. The maximum Gasteiger partial charge on any atom is 0.258 e. The van der Waals surface area contributed by atoms with Gasteiger partial charge in [0, 0.05) is 30.9 Å². The maximum atomic E-state index is 13.2. The van der Waals surface area contributed by atoms with Gasteiger partial charge in [-0.2, -0.15) is 0 Å². The largest absolute Gasteiger partial charge is 0.493 e. The number of carbonyl (C=O) groups excluding carboxylic acids is 2. The Morgan fingerprint density at radius 1 is 1.18 bits per heavy atom. The summed E-state index contributed by atoms with van der Waals surface area (Å²) < 4.78 is 0. The highest BCUT2D eigenvalue weighted by Gasteiger charge is 2.31. The maximum absolute atomic E-state index is 13.2. The molecule has 4 N–H and O–H groups in total. The number of pyridine rings is 1. The van der Waals surface area contributed by atoms with Crippen molar-refractivity contribution in [3.05, 3.63) is 91.9 Å². The van der Waals surface area contributed by atoms with Crippen LogP contribution < -0.4 is 16.4 Å². The van der Waals surface area contributed by atoms with Crippen molar-refractivity contribution >= 4 is 11.8 Å². The fourth-order valence-corrected chi connectivity index (χ4v) is 4.10. The number of rotatable bonds is 6. The molecule has 0 fully saturated rings. The molecule has 1 aromatic carbocycles. The van der Waals surface area contributed by atoms with Crippen molar-refractivity contribution in [1.82, 2.24) is 25.2 Å². The van der Waals surface area contributed by atoms with E-state index in [1.165, 1.54) is 12.3 Å². The quantitative estimate of drug-likeness (QED) is 0.434. The van der Waals surface area contributed by atoms with Crippen LogP contribution in [0.5, 0.6) is 5.88 Å². The number of hydrogen-bond donors (Lipinski definition) is 4.